The van der Waals surface area contributed by atoms with E-state index < -0.39 is 0 Å². The summed E-state index contributed by atoms with van der Waals surface area (Å²) in [7, 11) is 0. The molecule has 1 heterocycles. The first kappa shape index (κ1) is 12.1. The highest BCUT2D eigenvalue weighted by Gasteiger charge is 2.10. The van der Waals surface area contributed by atoms with E-state index in [-0.39, 0.29) is 12.3 Å². The lowest BCUT2D eigenvalue weighted by Crippen LogP contribution is -2.13. The fraction of sp³-hybridized carbons (Fsp3) is 0.308. The zero-order chi connectivity index (χ0) is 13.0. The number of hydrogen-bond donors (Lipinski definition) is 1. The number of aromatic nitrogens is 2. The molecule has 18 heavy (non-hydrogen) atoms. The van der Waals surface area contributed by atoms with E-state index in [1.165, 1.54) is 0 Å². The number of hydrogen-bond acceptors (Lipinski definition) is 3. The molecule has 0 saturated heterocycles. The van der Waals surface area contributed by atoms with Crippen LogP contribution in [0.4, 0.5) is 0 Å². The van der Waals surface area contributed by atoms with Crippen LogP contribution in [-0.4, -0.2) is 15.5 Å². The molecule has 5 heteroatoms. The minimum Gasteiger partial charge on any atom is -0.370 e. The van der Waals surface area contributed by atoms with Gasteiger partial charge in [-0.1, -0.05) is 12.1 Å². The Kier molecular flexibility index (Phi) is 3.58. The van der Waals surface area contributed by atoms with Crippen molar-refractivity contribution in [2.24, 2.45) is 5.73 Å². The number of carbonyl (C=O) groups is 1. The number of benzene rings is 1. The normalized spacial score (nSPS) is 10.4. The molecule has 2 aromatic rings. The number of nitrogens with two attached hydrogens (primary N) is 1. The zero-order valence-electron chi connectivity index (χ0n) is 9.97. The van der Waals surface area contributed by atoms with E-state index in [0.29, 0.717) is 19.4 Å². The Morgan fingerprint density at radius 2 is 2.22 bits per heavy atom. The molecule has 0 aliphatic rings. The Balaban J connectivity index is 2.37. The third kappa shape index (κ3) is 2.48. The Hall–Kier alpha value is -2.35. The number of rotatable bonds is 5. The Morgan fingerprint density at radius 3 is 2.94 bits per heavy atom. The van der Waals surface area contributed by atoms with E-state index in [1.807, 2.05) is 28.8 Å². The first-order chi connectivity index (χ1) is 8.72. The molecule has 0 bridgehead atoms. The van der Waals surface area contributed by atoms with Crippen molar-refractivity contribution in [2.75, 3.05) is 0 Å². The summed E-state index contributed by atoms with van der Waals surface area (Å²) in [4.78, 5) is 15.3. The van der Waals surface area contributed by atoms with Gasteiger partial charge >= 0.3 is 0 Å². The van der Waals surface area contributed by atoms with Gasteiger partial charge in [0.05, 0.1) is 23.5 Å². The van der Waals surface area contributed by atoms with Crippen LogP contribution in [0.15, 0.2) is 24.3 Å². The smallest absolute Gasteiger partial charge is 0.217 e. The van der Waals surface area contributed by atoms with Gasteiger partial charge in [-0.3, -0.25) is 4.79 Å². The highest BCUT2D eigenvalue weighted by atomic mass is 16.1. The molecule has 1 amide bonds. The van der Waals surface area contributed by atoms with Crippen molar-refractivity contribution >= 4 is 16.9 Å². The summed E-state index contributed by atoms with van der Waals surface area (Å²) in [5.74, 6) is 0.471. The number of amides is 1. The molecule has 1 aromatic heterocycles. The number of carbonyl (C=O) groups excluding carboxylic acids is 1. The molecule has 2 rings (SSSR count). The maximum Gasteiger partial charge on any atom is 0.217 e. The number of primary amides is 1. The lowest BCUT2D eigenvalue weighted by molar-refractivity contribution is -0.118. The summed E-state index contributed by atoms with van der Waals surface area (Å²) < 4.78 is 1.99. The fourth-order valence-electron chi connectivity index (χ4n) is 1.96. The molecule has 92 valence electrons. The van der Waals surface area contributed by atoms with Gasteiger partial charge < -0.3 is 10.3 Å². The lowest BCUT2D eigenvalue weighted by atomic mass is 10.3. The van der Waals surface area contributed by atoms with Crippen molar-refractivity contribution < 1.29 is 4.79 Å². The van der Waals surface area contributed by atoms with Crippen LogP contribution < -0.4 is 5.73 Å². The Morgan fingerprint density at radius 1 is 1.44 bits per heavy atom. The van der Waals surface area contributed by atoms with Gasteiger partial charge in [0.15, 0.2) is 0 Å². The summed E-state index contributed by atoms with van der Waals surface area (Å²) >= 11 is 0. The maximum absolute atomic E-state index is 10.8. The number of imidazole rings is 1. The number of nitriles is 1. The van der Waals surface area contributed by atoms with Gasteiger partial charge in [0.1, 0.15) is 5.82 Å². The summed E-state index contributed by atoms with van der Waals surface area (Å²) in [5.41, 5.74) is 7.03. The first-order valence-corrected chi connectivity index (χ1v) is 5.82. The number of aryl methyl sites for hydroxylation is 2. The molecule has 0 atom stereocenters. The molecule has 0 fully saturated rings. The minimum atomic E-state index is -0.339. The molecule has 5 nitrogen and oxygen atoms in total. The van der Waals surface area contributed by atoms with E-state index in [0.717, 1.165) is 16.9 Å². The van der Waals surface area contributed by atoms with Crippen molar-refractivity contribution in [3.05, 3.63) is 30.1 Å². The minimum absolute atomic E-state index is 0.274. The Bertz CT molecular complexity index is 609. The molecule has 1 aromatic carbocycles. The van der Waals surface area contributed by atoms with Crippen LogP contribution in [0.25, 0.3) is 11.0 Å². The molecule has 0 aliphatic carbocycles. The maximum atomic E-state index is 10.8. The fourth-order valence-corrected chi connectivity index (χ4v) is 1.96. The Labute approximate surface area is 105 Å². The molecule has 0 radical (unpaired) electrons. The molecule has 0 spiro atoms. The highest BCUT2D eigenvalue weighted by Crippen LogP contribution is 2.17. The molecule has 0 saturated carbocycles. The van der Waals surface area contributed by atoms with Crippen molar-refractivity contribution in [3.63, 3.8) is 0 Å². The summed E-state index contributed by atoms with van der Waals surface area (Å²) in [6, 6.07) is 9.86. The van der Waals surface area contributed by atoms with Gasteiger partial charge in [-0.15, -0.1) is 0 Å². The quantitative estimate of drug-likeness (QED) is 0.859. The molecule has 2 N–H and O–H groups in total. The highest BCUT2D eigenvalue weighted by molar-refractivity contribution is 5.77. The van der Waals surface area contributed by atoms with Gasteiger partial charge in [0.25, 0.3) is 0 Å². The summed E-state index contributed by atoms with van der Waals surface area (Å²) in [5, 5.41) is 8.69. The predicted molar refractivity (Wildman–Crippen MR) is 67.5 cm³/mol. The van der Waals surface area contributed by atoms with Gasteiger partial charge in [0.2, 0.25) is 5.91 Å². The van der Waals surface area contributed by atoms with Gasteiger partial charge in [0, 0.05) is 19.4 Å². The van der Waals surface area contributed by atoms with Crippen molar-refractivity contribution in [3.8, 4) is 6.07 Å². The van der Waals surface area contributed by atoms with Crippen LogP contribution in [0, 0.1) is 11.3 Å². The van der Waals surface area contributed by atoms with E-state index in [9.17, 15) is 4.79 Å². The van der Waals surface area contributed by atoms with Crippen molar-refractivity contribution in [2.45, 2.75) is 25.8 Å². The third-order valence-electron chi connectivity index (χ3n) is 2.78. The monoisotopic (exact) mass is 242 g/mol. The second kappa shape index (κ2) is 5.32. The van der Waals surface area contributed by atoms with E-state index in [1.54, 1.807) is 0 Å². The van der Waals surface area contributed by atoms with Crippen molar-refractivity contribution in [1.82, 2.24) is 9.55 Å². The number of para-hydroxylation sites is 2. The van der Waals surface area contributed by atoms with Crippen LogP contribution in [0.1, 0.15) is 18.7 Å². The zero-order valence-corrected chi connectivity index (χ0v) is 9.97. The van der Waals surface area contributed by atoms with Crippen LogP contribution >= 0.6 is 0 Å². The molecule has 0 unspecified atom stereocenters. The SMILES string of the molecule is N#CCCn1c(CCC(N)=O)nc2ccccc21. The standard InChI is InChI=1S/C13H14N4O/c14-8-3-9-17-11-5-2-1-4-10(11)16-13(17)7-6-12(15)18/h1-2,4-5H,3,6-7,9H2,(H2,15,18). The van der Waals surface area contributed by atoms with Crippen LogP contribution in [0.2, 0.25) is 0 Å². The van der Waals surface area contributed by atoms with Crippen LogP contribution in [-0.2, 0) is 17.8 Å². The lowest BCUT2D eigenvalue weighted by Gasteiger charge is -2.05. The topological polar surface area (TPSA) is 84.7 Å². The predicted octanol–water partition coefficient (Wildman–Crippen LogP) is 1.37. The van der Waals surface area contributed by atoms with Gasteiger partial charge in [-0.25, -0.2) is 4.98 Å². The molecular formula is C13H14N4O. The van der Waals surface area contributed by atoms with Gasteiger partial charge in [-0.05, 0) is 12.1 Å². The third-order valence-corrected chi connectivity index (χ3v) is 2.78. The van der Waals surface area contributed by atoms with Gasteiger partial charge in [-0.2, -0.15) is 5.26 Å². The van der Waals surface area contributed by atoms with E-state index in [4.69, 9.17) is 11.0 Å². The molecule has 0 aliphatic heterocycles. The molecular weight excluding hydrogens is 228 g/mol. The second-order valence-corrected chi connectivity index (χ2v) is 4.04. The summed E-state index contributed by atoms with van der Waals surface area (Å²) in [6.07, 6.45) is 1.20. The van der Waals surface area contributed by atoms with Crippen LogP contribution in [0.3, 0.4) is 0 Å². The van der Waals surface area contributed by atoms with E-state index >= 15 is 0 Å². The van der Waals surface area contributed by atoms with Crippen molar-refractivity contribution in [1.29, 1.82) is 5.26 Å². The number of nitrogens with zero attached hydrogens (tertiary/aromatic N) is 3. The van der Waals surface area contributed by atoms with E-state index in [2.05, 4.69) is 11.1 Å². The first-order valence-electron chi connectivity index (χ1n) is 5.82. The average Bonchev–Trinajstić information content (AvgIpc) is 2.71. The number of fused-ring (bicyclic) bond motifs is 1. The van der Waals surface area contributed by atoms with Crippen LogP contribution in [0.5, 0.6) is 0 Å². The average molecular weight is 242 g/mol. The largest absolute Gasteiger partial charge is 0.370 e. The second-order valence-electron chi connectivity index (χ2n) is 4.04. The summed E-state index contributed by atoms with van der Waals surface area (Å²) in [6.45, 7) is 0.588.